The molecule has 1 fully saturated rings. The Hall–Kier alpha value is -1.73. The summed E-state index contributed by atoms with van der Waals surface area (Å²) in [6.07, 6.45) is 5.34. The lowest BCUT2D eigenvalue weighted by atomic mass is 9.92. The number of nitrogens with one attached hydrogen (secondary N) is 1. The Morgan fingerprint density at radius 3 is 2.70 bits per heavy atom. The number of aryl methyl sites for hydroxylation is 2. The van der Waals surface area contributed by atoms with E-state index in [0.717, 1.165) is 63.3 Å². The molecule has 1 N–H and O–H groups in total. The lowest BCUT2D eigenvalue weighted by Gasteiger charge is -2.36. The van der Waals surface area contributed by atoms with Crippen LogP contribution in [0, 0.1) is 18.8 Å². The SMILES string of the molecule is Cc1c(C(=O)NC(C)CN2CC(C)CC(C)C2)sc2nc3n(c(=O)c12)CCCCC3. The number of hydrogen-bond donors (Lipinski definition) is 1. The van der Waals surface area contributed by atoms with Crippen LogP contribution in [-0.4, -0.2) is 46.0 Å². The first-order valence-corrected chi connectivity index (χ1v) is 12.2. The van der Waals surface area contributed by atoms with Crippen molar-refractivity contribution in [2.24, 2.45) is 11.8 Å². The number of nitrogens with zero attached hydrogens (tertiary/aromatic N) is 3. The van der Waals surface area contributed by atoms with Gasteiger partial charge in [0.05, 0.1) is 10.3 Å². The van der Waals surface area contributed by atoms with Gasteiger partial charge in [0.25, 0.3) is 11.5 Å². The second-order valence-corrected chi connectivity index (χ2v) is 10.6. The van der Waals surface area contributed by atoms with Crippen LogP contribution in [-0.2, 0) is 13.0 Å². The van der Waals surface area contributed by atoms with Crippen molar-refractivity contribution in [3.63, 3.8) is 0 Å². The molecule has 1 amide bonds. The van der Waals surface area contributed by atoms with Gasteiger partial charge in [0.15, 0.2) is 0 Å². The van der Waals surface area contributed by atoms with Crippen LogP contribution >= 0.6 is 11.3 Å². The number of amides is 1. The molecule has 7 heteroatoms. The molecule has 6 nitrogen and oxygen atoms in total. The van der Waals surface area contributed by atoms with Crippen molar-refractivity contribution in [2.45, 2.75) is 72.4 Å². The topological polar surface area (TPSA) is 67.2 Å². The number of thiophene rings is 1. The van der Waals surface area contributed by atoms with Crippen molar-refractivity contribution in [2.75, 3.05) is 19.6 Å². The Bertz CT molecular complexity index is 985. The van der Waals surface area contributed by atoms with E-state index in [0.29, 0.717) is 26.9 Å². The van der Waals surface area contributed by atoms with E-state index in [1.165, 1.54) is 17.8 Å². The van der Waals surface area contributed by atoms with Gasteiger partial charge < -0.3 is 10.2 Å². The second-order valence-electron chi connectivity index (χ2n) is 9.57. The monoisotopic (exact) mass is 430 g/mol. The minimum atomic E-state index is -0.0827. The van der Waals surface area contributed by atoms with Gasteiger partial charge in [-0.1, -0.05) is 20.3 Å². The molecule has 30 heavy (non-hydrogen) atoms. The van der Waals surface area contributed by atoms with Gasteiger partial charge in [-0.3, -0.25) is 14.2 Å². The molecule has 0 bridgehead atoms. The molecule has 0 saturated carbocycles. The predicted molar refractivity (Wildman–Crippen MR) is 122 cm³/mol. The molecule has 4 heterocycles. The molecule has 0 aliphatic carbocycles. The van der Waals surface area contributed by atoms with Gasteiger partial charge >= 0.3 is 0 Å². The Kier molecular flexibility index (Phi) is 6.30. The summed E-state index contributed by atoms with van der Waals surface area (Å²) in [7, 11) is 0. The van der Waals surface area contributed by atoms with Crippen LogP contribution < -0.4 is 10.9 Å². The highest BCUT2D eigenvalue weighted by atomic mass is 32.1. The van der Waals surface area contributed by atoms with Crippen LogP contribution in [0.5, 0.6) is 0 Å². The van der Waals surface area contributed by atoms with Gasteiger partial charge in [0, 0.05) is 38.6 Å². The molecule has 1 saturated heterocycles. The van der Waals surface area contributed by atoms with Crippen molar-refractivity contribution in [3.05, 3.63) is 26.6 Å². The summed E-state index contributed by atoms with van der Waals surface area (Å²) in [5, 5.41) is 3.79. The van der Waals surface area contributed by atoms with E-state index in [4.69, 9.17) is 4.98 Å². The minimum absolute atomic E-state index is 0.0223. The lowest BCUT2D eigenvalue weighted by Crippen LogP contribution is -2.46. The minimum Gasteiger partial charge on any atom is -0.348 e. The molecule has 2 aromatic rings. The van der Waals surface area contributed by atoms with E-state index in [9.17, 15) is 9.59 Å². The quantitative estimate of drug-likeness (QED) is 0.805. The van der Waals surface area contributed by atoms with E-state index in [1.54, 1.807) is 0 Å². The highest BCUT2D eigenvalue weighted by molar-refractivity contribution is 7.20. The summed E-state index contributed by atoms with van der Waals surface area (Å²) in [6, 6.07) is 0.0605. The number of carbonyl (C=O) groups is 1. The number of fused-ring (bicyclic) bond motifs is 2. The van der Waals surface area contributed by atoms with Crippen LogP contribution in [0.4, 0.5) is 0 Å². The molecule has 2 aliphatic rings. The number of aromatic nitrogens is 2. The Balaban J connectivity index is 1.53. The van der Waals surface area contributed by atoms with E-state index in [-0.39, 0.29) is 17.5 Å². The summed E-state index contributed by atoms with van der Waals surface area (Å²) >= 11 is 1.36. The van der Waals surface area contributed by atoms with E-state index in [1.807, 2.05) is 11.5 Å². The Labute approximate surface area is 182 Å². The van der Waals surface area contributed by atoms with Crippen molar-refractivity contribution in [1.29, 1.82) is 0 Å². The van der Waals surface area contributed by atoms with Gasteiger partial charge in [-0.05, 0) is 50.5 Å². The van der Waals surface area contributed by atoms with Crippen LogP contribution in [0.25, 0.3) is 10.2 Å². The van der Waals surface area contributed by atoms with Gasteiger partial charge in [-0.15, -0.1) is 11.3 Å². The number of piperidine rings is 1. The first kappa shape index (κ1) is 21.5. The van der Waals surface area contributed by atoms with E-state index in [2.05, 4.69) is 31.0 Å². The Morgan fingerprint density at radius 1 is 1.23 bits per heavy atom. The van der Waals surface area contributed by atoms with Gasteiger partial charge in [-0.25, -0.2) is 4.98 Å². The third-order valence-corrected chi connectivity index (χ3v) is 7.66. The summed E-state index contributed by atoms with van der Waals surface area (Å²) < 4.78 is 1.83. The first-order chi connectivity index (χ1) is 14.3. The maximum Gasteiger partial charge on any atom is 0.262 e. The molecular formula is C23H34N4O2S. The molecule has 0 spiro atoms. The van der Waals surface area contributed by atoms with Gasteiger partial charge in [0.1, 0.15) is 10.7 Å². The summed E-state index contributed by atoms with van der Waals surface area (Å²) in [5.74, 6) is 2.20. The zero-order valence-electron chi connectivity index (χ0n) is 18.7. The molecule has 164 valence electrons. The fourth-order valence-corrected chi connectivity index (χ4v) is 6.38. The average molecular weight is 431 g/mol. The number of likely N-dealkylation sites (tertiary alicyclic amines) is 1. The van der Waals surface area contributed by atoms with Crippen LogP contribution in [0.3, 0.4) is 0 Å². The zero-order valence-corrected chi connectivity index (χ0v) is 19.5. The molecule has 2 aromatic heterocycles. The zero-order chi connectivity index (χ0) is 21.4. The molecular weight excluding hydrogens is 396 g/mol. The summed E-state index contributed by atoms with van der Waals surface area (Å²) in [5.41, 5.74) is 0.797. The second kappa shape index (κ2) is 8.79. The third kappa shape index (κ3) is 4.33. The van der Waals surface area contributed by atoms with Crippen LogP contribution in [0.2, 0.25) is 0 Å². The van der Waals surface area contributed by atoms with Crippen molar-refractivity contribution in [1.82, 2.24) is 19.8 Å². The van der Waals surface area contributed by atoms with Crippen molar-refractivity contribution in [3.8, 4) is 0 Å². The third-order valence-electron chi connectivity index (χ3n) is 6.47. The lowest BCUT2D eigenvalue weighted by molar-refractivity contribution is 0.0908. The summed E-state index contributed by atoms with van der Waals surface area (Å²) in [4.78, 5) is 34.8. The van der Waals surface area contributed by atoms with Gasteiger partial charge in [0.2, 0.25) is 0 Å². The highest BCUT2D eigenvalue weighted by Crippen LogP contribution is 2.28. The van der Waals surface area contributed by atoms with E-state index >= 15 is 0 Å². The fraction of sp³-hybridized carbons (Fsp3) is 0.696. The predicted octanol–water partition coefficient (Wildman–Crippen LogP) is 3.59. The number of rotatable bonds is 4. The number of carbonyl (C=O) groups excluding carboxylic acids is 1. The smallest absolute Gasteiger partial charge is 0.262 e. The van der Waals surface area contributed by atoms with Gasteiger partial charge in [-0.2, -0.15) is 0 Å². The number of hydrogen-bond acceptors (Lipinski definition) is 5. The van der Waals surface area contributed by atoms with Crippen LogP contribution in [0.15, 0.2) is 4.79 Å². The molecule has 2 aliphatic heterocycles. The molecule has 3 atom stereocenters. The Morgan fingerprint density at radius 2 is 1.97 bits per heavy atom. The van der Waals surface area contributed by atoms with Crippen LogP contribution in [0.1, 0.15) is 67.5 Å². The maximum atomic E-state index is 13.1. The molecule has 0 aromatic carbocycles. The standard InChI is InChI=1S/C23H34N4O2S/c1-14-10-15(2)12-26(11-14)13-16(3)24-21(28)20-17(4)19-22(30-20)25-18-8-6-5-7-9-27(18)23(19)29/h14-16H,5-13H2,1-4H3,(H,24,28). The average Bonchev–Trinajstić information content (AvgIpc) is 2.83. The fourth-order valence-electron chi connectivity index (χ4n) is 5.29. The largest absolute Gasteiger partial charge is 0.348 e. The highest BCUT2D eigenvalue weighted by Gasteiger charge is 2.25. The normalized spacial score (nSPS) is 23.7. The van der Waals surface area contributed by atoms with E-state index < -0.39 is 0 Å². The van der Waals surface area contributed by atoms with Crippen molar-refractivity contribution >= 4 is 27.5 Å². The van der Waals surface area contributed by atoms with Crippen molar-refractivity contribution < 1.29 is 4.79 Å². The molecule has 4 rings (SSSR count). The summed E-state index contributed by atoms with van der Waals surface area (Å²) in [6.45, 7) is 12.4. The maximum absolute atomic E-state index is 13.1. The molecule has 0 radical (unpaired) electrons. The first-order valence-electron chi connectivity index (χ1n) is 11.4. The molecule has 3 unspecified atom stereocenters.